The maximum Gasteiger partial charge on any atom is 0.348 e. The maximum absolute atomic E-state index is 11.7. The zero-order chi connectivity index (χ0) is 15.5. The van der Waals surface area contributed by atoms with Gasteiger partial charge in [0.1, 0.15) is 4.88 Å². The molecule has 0 aliphatic heterocycles. The van der Waals surface area contributed by atoms with Gasteiger partial charge in [-0.25, -0.2) is 9.78 Å². The van der Waals surface area contributed by atoms with Crippen molar-refractivity contribution in [1.29, 1.82) is 0 Å². The lowest BCUT2D eigenvalue weighted by molar-refractivity contribution is -0.117. The minimum atomic E-state index is -1.04. The van der Waals surface area contributed by atoms with Crippen molar-refractivity contribution >= 4 is 40.5 Å². The molecular formula is C16H14N2O3S. The first kappa shape index (κ1) is 14.5. The normalized spacial score (nSPS) is 14.2. The van der Waals surface area contributed by atoms with Gasteiger partial charge in [0.15, 0.2) is 5.13 Å². The number of carboxylic acids is 1. The number of benzene rings is 1. The van der Waals surface area contributed by atoms with E-state index in [4.69, 9.17) is 0 Å². The number of hydrogen-bond acceptors (Lipinski definition) is 4. The van der Waals surface area contributed by atoms with Crippen molar-refractivity contribution in [3.05, 3.63) is 46.5 Å². The summed E-state index contributed by atoms with van der Waals surface area (Å²) in [7, 11) is 0. The molecule has 1 aliphatic rings. The van der Waals surface area contributed by atoms with Crippen molar-refractivity contribution in [2.24, 2.45) is 5.92 Å². The summed E-state index contributed by atoms with van der Waals surface area (Å²) < 4.78 is 0. The Morgan fingerprint density at radius 2 is 1.95 bits per heavy atom. The van der Waals surface area contributed by atoms with E-state index in [9.17, 15) is 14.7 Å². The number of carbonyl (C=O) groups is 2. The van der Waals surface area contributed by atoms with Crippen molar-refractivity contribution < 1.29 is 14.7 Å². The van der Waals surface area contributed by atoms with E-state index < -0.39 is 5.97 Å². The van der Waals surface area contributed by atoms with E-state index in [-0.39, 0.29) is 16.7 Å². The summed E-state index contributed by atoms with van der Waals surface area (Å²) in [6, 6.07) is 9.55. The summed E-state index contributed by atoms with van der Waals surface area (Å²) in [6.07, 6.45) is 5.24. The quantitative estimate of drug-likeness (QED) is 0.887. The van der Waals surface area contributed by atoms with Crippen LogP contribution < -0.4 is 5.32 Å². The van der Waals surface area contributed by atoms with Gasteiger partial charge in [-0.2, -0.15) is 0 Å². The molecule has 3 rings (SSSR count). The Morgan fingerprint density at radius 3 is 2.59 bits per heavy atom. The number of amides is 1. The third-order valence-corrected chi connectivity index (χ3v) is 4.23. The molecule has 1 saturated carbocycles. The highest BCUT2D eigenvalue weighted by Gasteiger charge is 2.30. The van der Waals surface area contributed by atoms with E-state index in [1.165, 1.54) is 0 Å². The Balaban J connectivity index is 1.82. The summed E-state index contributed by atoms with van der Waals surface area (Å²) in [5.74, 6) is -1.07. The zero-order valence-electron chi connectivity index (χ0n) is 11.7. The van der Waals surface area contributed by atoms with Gasteiger partial charge in [0.25, 0.3) is 0 Å². The average molecular weight is 314 g/mol. The fourth-order valence-electron chi connectivity index (χ4n) is 1.94. The van der Waals surface area contributed by atoms with Crippen molar-refractivity contribution in [3.63, 3.8) is 0 Å². The molecular weight excluding hydrogens is 300 g/mol. The lowest BCUT2D eigenvalue weighted by Crippen LogP contribution is -2.12. The van der Waals surface area contributed by atoms with Gasteiger partial charge in [0, 0.05) is 5.92 Å². The molecule has 0 bridgehead atoms. The molecule has 1 aromatic heterocycles. The van der Waals surface area contributed by atoms with Crippen molar-refractivity contribution in [2.45, 2.75) is 12.8 Å². The molecule has 2 N–H and O–H groups in total. The average Bonchev–Trinajstić information content (AvgIpc) is 3.28. The van der Waals surface area contributed by atoms with Gasteiger partial charge < -0.3 is 10.4 Å². The number of anilines is 1. The molecule has 112 valence electrons. The minimum absolute atomic E-state index is 0.0560. The number of nitrogens with one attached hydrogen (secondary N) is 1. The first-order valence-corrected chi connectivity index (χ1v) is 7.73. The van der Waals surface area contributed by atoms with E-state index in [2.05, 4.69) is 10.3 Å². The third kappa shape index (κ3) is 3.40. The molecule has 2 aromatic rings. The van der Waals surface area contributed by atoms with Crippen LogP contribution in [0.2, 0.25) is 0 Å². The third-order valence-electron chi connectivity index (χ3n) is 3.26. The Bertz CT molecular complexity index is 733. The van der Waals surface area contributed by atoms with Crippen molar-refractivity contribution in [1.82, 2.24) is 4.98 Å². The van der Waals surface area contributed by atoms with Gasteiger partial charge in [-0.05, 0) is 24.5 Å². The molecule has 1 aliphatic carbocycles. The summed E-state index contributed by atoms with van der Waals surface area (Å²) in [4.78, 5) is 27.4. The molecule has 0 atom stereocenters. The highest BCUT2D eigenvalue weighted by Crippen LogP contribution is 2.32. The van der Waals surface area contributed by atoms with Crippen LogP contribution in [-0.2, 0) is 4.79 Å². The van der Waals surface area contributed by atoms with E-state index in [1.807, 2.05) is 30.3 Å². The highest BCUT2D eigenvalue weighted by atomic mass is 32.1. The Morgan fingerprint density at radius 1 is 1.23 bits per heavy atom. The van der Waals surface area contributed by atoms with Crippen LogP contribution in [0.3, 0.4) is 0 Å². The standard InChI is InChI=1S/C16H14N2O3S/c19-14(11-7-8-11)18-16-17-12(13(22-16)15(20)21)9-6-10-4-2-1-3-5-10/h1-6,9,11H,7-8H2,(H,20,21)(H,17,18,19)/b9-6+. The number of aromatic nitrogens is 1. The number of carbonyl (C=O) groups excluding carboxylic acids is 1. The predicted molar refractivity (Wildman–Crippen MR) is 85.8 cm³/mol. The Kier molecular flexibility index (Phi) is 4.02. The monoisotopic (exact) mass is 314 g/mol. The van der Waals surface area contributed by atoms with E-state index in [1.54, 1.807) is 12.2 Å². The SMILES string of the molecule is O=C(O)c1sc(NC(=O)C2CC2)nc1/C=C/c1ccccc1. The molecule has 0 saturated heterocycles. The van der Waals surface area contributed by atoms with E-state index in [0.29, 0.717) is 10.8 Å². The van der Waals surface area contributed by atoms with Crippen LogP contribution in [0, 0.1) is 5.92 Å². The molecule has 0 spiro atoms. The molecule has 1 amide bonds. The molecule has 0 unspecified atom stereocenters. The van der Waals surface area contributed by atoms with Gasteiger partial charge in [0.05, 0.1) is 5.69 Å². The summed E-state index contributed by atoms with van der Waals surface area (Å²) >= 11 is 0.982. The van der Waals surface area contributed by atoms with Crippen LogP contribution in [0.25, 0.3) is 12.2 Å². The second-order valence-corrected chi connectivity index (χ2v) is 6.05. The number of thiazole rings is 1. The summed E-state index contributed by atoms with van der Waals surface area (Å²) in [5, 5.41) is 12.3. The molecule has 1 heterocycles. The van der Waals surface area contributed by atoms with Crippen molar-refractivity contribution in [2.75, 3.05) is 5.32 Å². The second-order valence-electron chi connectivity index (χ2n) is 5.05. The van der Waals surface area contributed by atoms with Crippen molar-refractivity contribution in [3.8, 4) is 0 Å². The number of hydrogen-bond donors (Lipinski definition) is 2. The molecule has 1 fully saturated rings. The smallest absolute Gasteiger partial charge is 0.348 e. The van der Waals surface area contributed by atoms with Crippen LogP contribution >= 0.6 is 11.3 Å². The molecule has 5 nitrogen and oxygen atoms in total. The predicted octanol–water partition coefficient (Wildman–Crippen LogP) is 3.36. The van der Waals surface area contributed by atoms with Crippen LogP contribution in [0.5, 0.6) is 0 Å². The maximum atomic E-state index is 11.7. The fraction of sp³-hybridized carbons (Fsp3) is 0.188. The fourth-order valence-corrected chi connectivity index (χ4v) is 2.74. The summed E-state index contributed by atoms with van der Waals surface area (Å²) in [5.41, 5.74) is 1.31. The largest absolute Gasteiger partial charge is 0.477 e. The molecule has 22 heavy (non-hydrogen) atoms. The molecule has 0 radical (unpaired) electrons. The number of carboxylic acid groups (broad SMARTS) is 1. The zero-order valence-corrected chi connectivity index (χ0v) is 12.5. The van der Waals surface area contributed by atoms with Crippen LogP contribution in [-0.4, -0.2) is 22.0 Å². The first-order valence-electron chi connectivity index (χ1n) is 6.91. The lowest BCUT2D eigenvalue weighted by Gasteiger charge is -1.97. The highest BCUT2D eigenvalue weighted by molar-refractivity contribution is 7.17. The minimum Gasteiger partial charge on any atom is -0.477 e. The van der Waals surface area contributed by atoms with Crippen LogP contribution in [0.15, 0.2) is 30.3 Å². The Hall–Kier alpha value is -2.47. The summed E-state index contributed by atoms with van der Waals surface area (Å²) in [6.45, 7) is 0. The van der Waals surface area contributed by atoms with E-state index in [0.717, 1.165) is 29.7 Å². The number of nitrogens with zero attached hydrogens (tertiary/aromatic N) is 1. The van der Waals surface area contributed by atoms with E-state index >= 15 is 0 Å². The topological polar surface area (TPSA) is 79.3 Å². The molecule has 6 heteroatoms. The first-order chi connectivity index (χ1) is 10.6. The van der Waals surface area contributed by atoms with Gasteiger partial charge in [-0.3, -0.25) is 4.79 Å². The van der Waals surface area contributed by atoms with Gasteiger partial charge in [-0.1, -0.05) is 47.7 Å². The number of aromatic carboxylic acids is 1. The van der Waals surface area contributed by atoms with Gasteiger partial charge in [-0.15, -0.1) is 0 Å². The van der Waals surface area contributed by atoms with Crippen LogP contribution in [0.1, 0.15) is 33.8 Å². The lowest BCUT2D eigenvalue weighted by atomic mass is 10.2. The molecule has 1 aromatic carbocycles. The van der Waals surface area contributed by atoms with Gasteiger partial charge >= 0.3 is 5.97 Å². The second kappa shape index (κ2) is 6.11. The number of rotatable bonds is 5. The van der Waals surface area contributed by atoms with Crippen LogP contribution in [0.4, 0.5) is 5.13 Å². The Labute approximate surface area is 131 Å². The van der Waals surface area contributed by atoms with Gasteiger partial charge in [0.2, 0.25) is 5.91 Å².